The van der Waals surface area contributed by atoms with Crippen molar-refractivity contribution in [3.05, 3.63) is 35.8 Å². The molecule has 0 saturated heterocycles. The van der Waals surface area contributed by atoms with Gasteiger partial charge in [-0.25, -0.2) is 4.39 Å². The van der Waals surface area contributed by atoms with Crippen molar-refractivity contribution in [2.45, 2.75) is 6.92 Å². The van der Waals surface area contributed by atoms with Gasteiger partial charge in [-0.3, -0.25) is 0 Å². The van der Waals surface area contributed by atoms with Gasteiger partial charge in [0.2, 0.25) is 0 Å². The third-order valence-corrected chi connectivity index (χ3v) is 2.07. The van der Waals surface area contributed by atoms with Gasteiger partial charge in [-0.2, -0.15) is 0 Å². The zero-order valence-corrected chi connectivity index (χ0v) is 8.45. The molecule has 0 saturated carbocycles. The molecular formula is C11H10FNO2. The van der Waals surface area contributed by atoms with Gasteiger partial charge in [-0.15, -0.1) is 0 Å². The summed E-state index contributed by atoms with van der Waals surface area (Å²) in [6.07, 6.45) is 0. The largest absolute Gasteiger partial charge is 0.496 e. The molecule has 3 nitrogen and oxygen atoms in total. The second-order valence-corrected chi connectivity index (χ2v) is 3.15. The van der Waals surface area contributed by atoms with Gasteiger partial charge in [-0.05, 0) is 19.1 Å². The van der Waals surface area contributed by atoms with Crippen LogP contribution in [-0.4, -0.2) is 12.3 Å². The maximum Gasteiger partial charge on any atom is 0.173 e. The number of hydrogen-bond acceptors (Lipinski definition) is 3. The minimum absolute atomic E-state index is 0.306. The summed E-state index contributed by atoms with van der Waals surface area (Å²) in [4.78, 5) is 0. The van der Waals surface area contributed by atoms with Crippen LogP contribution in [0.1, 0.15) is 5.69 Å². The smallest absolute Gasteiger partial charge is 0.173 e. The number of hydrogen-bond donors (Lipinski definition) is 0. The number of nitrogens with zero attached hydrogens (tertiary/aromatic N) is 1. The average Bonchev–Trinajstić information content (AvgIpc) is 2.64. The van der Waals surface area contributed by atoms with Crippen molar-refractivity contribution in [1.82, 2.24) is 5.16 Å². The van der Waals surface area contributed by atoms with Crippen molar-refractivity contribution < 1.29 is 13.7 Å². The summed E-state index contributed by atoms with van der Waals surface area (Å²) in [6, 6.07) is 6.29. The molecule has 78 valence electrons. The molecule has 0 aliphatic carbocycles. The first-order chi connectivity index (χ1) is 7.22. The molecule has 2 aromatic rings. The molecule has 0 atom stereocenters. The standard InChI is InChI=1S/C11H10FNO2/c1-7-6-10(15-13-7)11-8(12)4-3-5-9(11)14-2/h3-6H,1-2H3. The Balaban J connectivity index is 2.60. The molecular weight excluding hydrogens is 197 g/mol. The zero-order valence-electron chi connectivity index (χ0n) is 8.45. The van der Waals surface area contributed by atoms with Crippen molar-refractivity contribution >= 4 is 0 Å². The lowest BCUT2D eigenvalue weighted by molar-refractivity contribution is 0.400. The van der Waals surface area contributed by atoms with E-state index in [2.05, 4.69) is 5.16 Å². The maximum absolute atomic E-state index is 13.6. The number of aryl methyl sites for hydroxylation is 1. The van der Waals surface area contributed by atoms with E-state index in [9.17, 15) is 4.39 Å². The second kappa shape index (κ2) is 3.73. The molecule has 0 N–H and O–H groups in total. The topological polar surface area (TPSA) is 35.3 Å². The molecule has 15 heavy (non-hydrogen) atoms. The minimum Gasteiger partial charge on any atom is -0.496 e. The van der Waals surface area contributed by atoms with E-state index in [1.54, 1.807) is 25.1 Å². The highest BCUT2D eigenvalue weighted by molar-refractivity contribution is 5.66. The van der Waals surface area contributed by atoms with Gasteiger partial charge in [0.15, 0.2) is 5.76 Å². The Morgan fingerprint density at radius 1 is 1.40 bits per heavy atom. The van der Waals surface area contributed by atoms with Gasteiger partial charge >= 0.3 is 0 Å². The highest BCUT2D eigenvalue weighted by atomic mass is 19.1. The molecule has 0 fully saturated rings. The lowest BCUT2D eigenvalue weighted by Crippen LogP contribution is -1.90. The number of benzene rings is 1. The molecule has 2 rings (SSSR count). The van der Waals surface area contributed by atoms with Gasteiger partial charge < -0.3 is 9.26 Å². The van der Waals surface area contributed by atoms with Gasteiger partial charge in [0.05, 0.1) is 18.4 Å². The predicted octanol–water partition coefficient (Wildman–Crippen LogP) is 2.80. The fraction of sp³-hybridized carbons (Fsp3) is 0.182. The second-order valence-electron chi connectivity index (χ2n) is 3.15. The Labute approximate surface area is 86.5 Å². The molecule has 0 radical (unpaired) electrons. The summed E-state index contributed by atoms with van der Waals surface area (Å²) < 4.78 is 23.6. The van der Waals surface area contributed by atoms with Crippen LogP contribution in [0.3, 0.4) is 0 Å². The zero-order chi connectivity index (χ0) is 10.8. The normalized spacial score (nSPS) is 10.3. The van der Waals surface area contributed by atoms with Crippen LogP contribution in [-0.2, 0) is 0 Å². The van der Waals surface area contributed by atoms with Crippen molar-refractivity contribution in [2.24, 2.45) is 0 Å². The van der Waals surface area contributed by atoms with Gasteiger partial charge in [0, 0.05) is 6.07 Å². The monoisotopic (exact) mass is 207 g/mol. The van der Waals surface area contributed by atoms with Crippen LogP contribution in [0.4, 0.5) is 4.39 Å². The van der Waals surface area contributed by atoms with E-state index in [1.807, 2.05) is 0 Å². The number of methoxy groups -OCH3 is 1. The Hall–Kier alpha value is -1.84. The van der Waals surface area contributed by atoms with Crippen molar-refractivity contribution in [3.8, 4) is 17.1 Å². The van der Waals surface area contributed by atoms with Crippen molar-refractivity contribution in [3.63, 3.8) is 0 Å². The molecule has 0 unspecified atom stereocenters. The number of aromatic nitrogens is 1. The first-order valence-corrected chi connectivity index (χ1v) is 4.48. The highest BCUT2D eigenvalue weighted by Gasteiger charge is 2.15. The van der Waals surface area contributed by atoms with Crippen LogP contribution < -0.4 is 4.74 Å². The fourth-order valence-electron chi connectivity index (χ4n) is 1.39. The number of ether oxygens (including phenoxy) is 1. The molecule has 4 heteroatoms. The van der Waals surface area contributed by atoms with E-state index < -0.39 is 0 Å². The third-order valence-electron chi connectivity index (χ3n) is 2.07. The molecule has 1 heterocycles. The van der Waals surface area contributed by atoms with Crippen molar-refractivity contribution in [1.29, 1.82) is 0 Å². The Morgan fingerprint density at radius 3 is 2.80 bits per heavy atom. The van der Waals surface area contributed by atoms with Crippen LogP contribution in [0, 0.1) is 12.7 Å². The first-order valence-electron chi connectivity index (χ1n) is 4.48. The summed E-state index contributed by atoms with van der Waals surface area (Å²) in [5.41, 5.74) is 1.01. The van der Waals surface area contributed by atoms with Crippen LogP contribution in [0.25, 0.3) is 11.3 Å². The van der Waals surface area contributed by atoms with E-state index in [1.165, 1.54) is 13.2 Å². The molecule has 0 spiro atoms. The summed E-state index contributed by atoms with van der Waals surface area (Å²) in [5, 5.41) is 3.71. The van der Waals surface area contributed by atoms with E-state index >= 15 is 0 Å². The molecule has 0 amide bonds. The Morgan fingerprint density at radius 2 is 2.20 bits per heavy atom. The highest BCUT2D eigenvalue weighted by Crippen LogP contribution is 2.32. The van der Waals surface area contributed by atoms with Crippen molar-refractivity contribution in [2.75, 3.05) is 7.11 Å². The summed E-state index contributed by atoms with van der Waals surface area (Å²) in [6.45, 7) is 1.78. The van der Waals surface area contributed by atoms with Crippen LogP contribution in [0.15, 0.2) is 28.8 Å². The van der Waals surface area contributed by atoms with E-state index in [-0.39, 0.29) is 5.82 Å². The molecule has 1 aromatic carbocycles. The average molecular weight is 207 g/mol. The number of halogens is 1. The molecule has 0 bridgehead atoms. The molecule has 1 aromatic heterocycles. The van der Waals surface area contributed by atoms with E-state index in [0.717, 1.165) is 0 Å². The van der Waals surface area contributed by atoms with E-state index in [4.69, 9.17) is 9.26 Å². The van der Waals surface area contributed by atoms with Gasteiger partial charge in [-0.1, -0.05) is 11.2 Å². The minimum atomic E-state index is -0.384. The van der Waals surface area contributed by atoms with Crippen LogP contribution in [0.2, 0.25) is 0 Å². The quantitative estimate of drug-likeness (QED) is 0.759. The lowest BCUT2D eigenvalue weighted by Gasteiger charge is -2.05. The SMILES string of the molecule is COc1cccc(F)c1-c1cc(C)no1. The molecule has 0 aliphatic heterocycles. The Kier molecular flexibility index (Phi) is 2.41. The van der Waals surface area contributed by atoms with Gasteiger partial charge in [0.1, 0.15) is 11.6 Å². The Bertz CT molecular complexity index is 479. The van der Waals surface area contributed by atoms with Gasteiger partial charge in [0.25, 0.3) is 0 Å². The predicted molar refractivity (Wildman–Crippen MR) is 53.2 cm³/mol. The first kappa shape index (κ1) is 9.71. The van der Waals surface area contributed by atoms with E-state index in [0.29, 0.717) is 22.8 Å². The summed E-state index contributed by atoms with van der Waals surface area (Å²) in [5.74, 6) is 0.430. The summed E-state index contributed by atoms with van der Waals surface area (Å²) in [7, 11) is 1.49. The third kappa shape index (κ3) is 1.70. The number of rotatable bonds is 2. The van der Waals surface area contributed by atoms with Crippen LogP contribution in [0.5, 0.6) is 5.75 Å². The maximum atomic E-state index is 13.6. The summed E-state index contributed by atoms with van der Waals surface area (Å²) >= 11 is 0. The van der Waals surface area contributed by atoms with Crippen LogP contribution >= 0.6 is 0 Å². The lowest BCUT2D eigenvalue weighted by atomic mass is 10.1. The molecule has 0 aliphatic rings. The fourth-order valence-corrected chi connectivity index (χ4v) is 1.39.